The minimum atomic E-state index is -3.46. The summed E-state index contributed by atoms with van der Waals surface area (Å²) in [5.41, 5.74) is 0.677. The van der Waals surface area contributed by atoms with Crippen LogP contribution in [0.3, 0.4) is 0 Å². The van der Waals surface area contributed by atoms with Crippen LogP contribution in [-0.4, -0.2) is 38.3 Å². The SMILES string of the molecule is CCCCS(=O)(=O)c1cc(C(=O)O)ccc1N1CCCCC1. The van der Waals surface area contributed by atoms with Gasteiger partial charge in [0.15, 0.2) is 9.84 Å². The van der Waals surface area contributed by atoms with Crippen molar-refractivity contribution in [3.05, 3.63) is 23.8 Å². The summed E-state index contributed by atoms with van der Waals surface area (Å²) >= 11 is 0. The van der Waals surface area contributed by atoms with Gasteiger partial charge in [-0.3, -0.25) is 0 Å². The van der Waals surface area contributed by atoms with Gasteiger partial charge < -0.3 is 10.0 Å². The molecule has 0 aliphatic carbocycles. The van der Waals surface area contributed by atoms with E-state index in [4.69, 9.17) is 5.11 Å². The molecule has 1 fully saturated rings. The van der Waals surface area contributed by atoms with Crippen molar-refractivity contribution in [3.8, 4) is 0 Å². The monoisotopic (exact) mass is 325 g/mol. The summed E-state index contributed by atoms with van der Waals surface area (Å²) < 4.78 is 25.2. The molecule has 1 N–H and O–H groups in total. The molecule has 0 amide bonds. The number of hydrogen-bond acceptors (Lipinski definition) is 4. The van der Waals surface area contributed by atoms with Crippen molar-refractivity contribution in [3.63, 3.8) is 0 Å². The van der Waals surface area contributed by atoms with Gasteiger partial charge in [-0.1, -0.05) is 13.3 Å². The van der Waals surface area contributed by atoms with Gasteiger partial charge in [0, 0.05) is 13.1 Å². The third-order valence-corrected chi connectivity index (χ3v) is 5.83. The number of aromatic carboxylic acids is 1. The third kappa shape index (κ3) is 3.80. The Morgan fingerprint density at radius 2 is 1.91 bits per heavy atom. The Bertz CT molecular complexity index is 634. The Hall–Kier alpha value is -1.56. The predicted molar refractivity (Wildman–Crippen MR) is 86.4 cm³/mol. The predicted octanol–water partition coefficient (Wildman–Crippen LogP) is 2.95. The fourth-order valence-corrected chi connectivity index (χ4v) is 4.45. The molecule has 1 aliphatic heterocycles. The van der Waals surface area contributed by atoms with Gasteiger partial charge in [-0.15, -0.1) is 0 Å². The Morgan fingerprint density at radius 3 is 2.50 bits per heavy atom. The number of carbonyl (C=O) groups is 1. The smallest absolute Gasteiger partial charge is 0.335 e. The zero-order valence-electron chi connectivity index (χ0n) is 12.9. The van der Waals surface area contributed by atoms with E-state index in [9.17, 15) is 13.2 Å². The first-order valence-corrected chi connectivity index (χ1v) is 9.46. The number of sulfone groups is 1. The average Bonchev–Trinajstić information content (AvgIpc) is 2.53. The summed E-state index contributed by atoms with van der Waals surface area (Å²) in [7, 11) is -3.46. The summed E-state index contributed by atoms with van der Waals surface area (Å²) in [4.78, 5) is 13.4. The molecule has 1 aromatic carbocycles. The van der Waals surface area contributed by atoms with Gasteiger partial charge in [-0.05, 0) is 43.9 Å². The minimum absolute atomic E-state index is 0.0239. The zero-order valence-corrected chi connectivity index (χ0v) is 13.7. The Labute approximate surface area is 131 Å². The topological polar surface area (TPSA) is 74.7 Å². The summed E-state index contributed by atoms with van der Waals surface area (Å²) in [5.74, 6) is -1.04. The first-order valence-electron chi connectivity index (χ1n) is 7.81. The molecule has 1 heterocycles. The molecular weight excluding hydrogens is 302 g/mol. The van der Waals surface area contributed by atoms with Gasteiger partial charge in [-0.2, -0.15) is 0 Å². The second-order valence-electron chi connectivity index (χ2n) is 5.71. The molecule has 0 aromatic heterocycles. The molecule has 1 saturated heterocycles. The molecule has 0 spiro atoms. The third-order valence-electron chi connectivity index (χ3n) is 4.01. The van der Waals surface area contributed by atoms with E-state index in [1.807, 2.05) is 6.92 Å². The molecule has 5 nitrogen and oxygen atoms in total. The second kappa shape index (κ2) is 7.13. The van der Waals surface area contributed by atoms with Crippen LogP contribution in [0.4, 0.5) is 5.69 Å². The largest absolute Gasteiger partial charge is 0.478 e. The summed E-state index contributed by atoms with van der Waals surface area (Å²) in [5, 5.41) is 9.14. The van der Waals surface area contributed by atoms with Crippen molar-refractivity contribution in [2.45, 2.75) is 43.9 Å². The molecule has 122 valence electrons. The average molecular weight is 325 g/mol. The van der Waals surface area contributed by atoms with Gasteiger partial charge in [0.25, 0.3) is 0 Å². The summed E-state index contributed by atoms with van der Waals surface area (Å²) in [6, 6.07) is 4.45. The maximum atomic E-state index is 12.6. The van der Waals surface area contributed by atoms with E-state index in [1.54, 1.807) is 6.07 Å². The summed E-state index contributed by atoms with van der Waals surface area (Å²) in [6.45, 7) is 3.58. The number of benzene rings is 1. The van der Waals surface area contributed by atoms with Gasteiger partial charge >= 0.3 is 5.97 Å². The van der Waals surface area contributed by atoms with Crippen molar-refractivity contribution >= 4 is 21.5 Å². The van der Waals surface area contributed by atoms with Crippen molar-refractivity contribution in [2.24, 2.45) is 0 Å². The highest BCUT2D eigenvalue weighted by molar-refractivity contribution is 7.91. The number of unbranched alkanes of at least 4 members (excludes halogenated alkanes) is 1. The molecule has 0 unspecified atom stereocenters. The van der Waals surface area contributed by atoms with Crippen LogP contribution in [0, 0.1) is 0 Å². The number of hydrogen-bond donors (Lipinski definition) is 1. The molecule has 0 bridgehead atoms. The lowest BCUT2D eigenvalue weighted by Gasteiger charge is -2.30. The Kier molecular flexibility index (Phi) is 5.45. The highest BCUT2D eigenvalue weighted by atomic mass is 32.2. The van der Waals surface area contributed by atoms with Crippen molar-refractivity contribution in [1.82, 2.24) is 0 Å². The molecule has 1 aliphatic rings. The van der Waals surface area contributed by atoms with Crippen molar-refractivity contribution in [1.29, 1.82) is 0 Å². The first kappa shape index (κ1) is 16.8. The number of anilines is 1. The molecule has 22 heavy (non-hydrogen) atoms. The maximum Gasteiger partial charge on any atom is 0.335 e. The molecule has 0 radical (unpaired) electrons. The minimum Gasteiger partial charge on any atom is -0.478 e. The molecular formula is C16H23NO4S. The van der Waals surface area contributed by atoms with E-state index in [-0.39, 0.29) is 16.2 Å². The van der Waals surface area contributed by atoms with E-state index in [0.29, 0.717) is 12.1 Å². The van der Waals surface area contributed by atoms with Crippen LogP contribution >= 0.6 is 0 Å². The van der Waals surface area contributed by atoms with Crippen LogP contribution in [0.25, 0.3) is 0 Å². The normalized spacial score (nSPS) is 15.8. The van der Waals surface area contributed by atoms with Crippen LogP contribution in [0.5, 0.6) is 0 Å². The second-order valence-corrected chi connectivity index (χ2v) is 7.79. The van der Waals surface area contributed by atoms with Gasteiger partial charge in [0.05, 0.1) is 21.9 Å². The molecule has 2 rings (SSSR count). The maximum absolute atomic E-state index is 12.6. The Morgan fingerprint density at radius 1 is 1.23 bits per heavy atom. The highest BCUT2D eigenvalue weighted by Crippen LogP contribution is 2.30. The van der Waals surface area contributed by atoms with E-state index in [1.165, 1.54) is 12.1 Å². The zero-order chi connectivity index (χ0) is 16.2. The molecule has 0 saturated carbocycles. The number of rotatable bonds is 6. The lowest BCUT2D eigenvalue weighted by molar-refractivity contribution is 0.0696. The summed E-state index contributed by atoms with van der Waals surface area (Å²) in [6.07, 6.45) is 4.60. The first-order chi connectivity index (χ1) is 10.5. The number of nitrogens with zero attached hydrogens (tertiary/aromatic N) is 1. The van der Waals surface area contributed by atoms with Crippen LogP contribution in [0.1, 0.15) is 49.4 Å². The quantitative estimate of drug-likeness (QED) is 0.870. The van der Waals surface area contributed by atoms with E-state index >= 15 is 0 Å². The van der Waals surface area contributed by atoms with Crippen molar-refractivity contribution < 1.29 is 18.3 Å². The lowest BCUT2D eigenvalue weighted by Crippen LogP contribution is -2.31. The van der Waals surface area contributed by atoms with Crippen molar-refractivity contribution in [2.75, 3.05) is 23.7 Å². The Balaban J connectivity index is 2.46. The van der Waals surface area contributed by atoms with Gasteiger partial charge in [-0.25, -0.2) is 13.2 Å². The fourth-order valence-electron chi connectivity index (χ4n) is 2.74. The lowest BCUT2D eigenvalue weighted by atomic mass is 10.1. The number of carboxylic acids is 1. The van der Waals surface area contributed by atoms with E-state index in [2.05, 4.69) is 4.90 Å². The van der Waals surface area contributed by atoms with Crippen LogP contribution < -0.4 is 4.90 Å². The van der Waals surface area contributed by atoms with Gasteiger partial charge in [0.2, 0.25) is 0 Å². The highest BCUT2D eigenvalue weighted by Gasteiger charge is 2.24. The molecule has 1 aromatic rings. The van der Waals surface area contributed by atoms with Crippen LogP contribution in [0.15, 0.2) is 23.1 Å². The van der Waals surface area contributed by atoms with E-state index in [0.717, 1.165) is 38.8 Å². The van der Waals surface area contributed by atoms with Crippen LogP contribution in [0.2, 0.25) is 0 Å². The van der Waals surface area contributed by atoms with Crippen LogP contribution in [-0.2, 0) is 9.84 Å². The number of carboxylic acid groups (broad SMARTS) is 1. The standard InChI is InChI=1S/C16H23NO4S/c1-2-3-11-22(20,21)15-12-13(16(18)19)7-8-14(15)17-9-5-4-6-10-17/h7-8,12H,2-6,9-11H2,1H3,(H,18,19). The molecule has 6 heteroatoms. The number of piperidine rings is 1. The fraction of sp³-hybridized carbons (Fsp3) is 0.562. The van der Waals surface area contributed by atoms with Gasteiger partial charge in [0.1, 0.15) is 0 Å². The van der Waals surface area contributed by atoms with E-state index < -0.39 is 15.8 Å². The molecule has 0 atom stereocenters.